The highest BCUT2D eigenvalue weighted by Crippen LogP contribution is 2.29. The van der Waals surface area contributed by atoms with Gasteiger partial charge in [-0.2, -0.15) is 0 Å². The predicted octanol–water partition coefficient (Wildman–Crippen LogP) is 3.32. The third-order valence-electron chi connectivity index (χ3n) is 4.11. The summed E-state index contributed by atoms with van der Waals surface area (Å²) >= 11 is 3.17. The molecule has 3 aromatic rings. The molecule has 0 bridgehead atoms. The number of fused-ring (bicyclic) bond motifs is 1. The van der Waals surface area contributed by atoms with Crippen LogP contribution in [0.4, 0.5) is 8.78 Å². The second-order valence-electron chi connectivity index (χ2n) is 6.10. The SMILES string of the molecule is O=C(COCC(O)CO)c1cc2scnc2c(F)c1Cc1ccc(I)cc1F. The van der Waals surface area contributed by atoms with Gasteiger partial charge in [0.05, 0.1) is 23.4 Å². The number of hydrogen-bond donors (Lipinski definition) is 2. The summed E-state index contributed by atoms with van der Waals surface area (Å²) in [5.41, 5.74) is 2.02. The first-order valence-corrected chi connectivity index (χ1v) is 10.2. The molecule has 2 N–H and O–H groups in total. The number of ether oxygens (including phenoxy) is 1. The zero-order valence-electron chi connectivity index (χ0n) is 14.5. The fourth-order valence-electron chi connectivity index (χ4n) is 2.70. The van der Waals surface area contributed by atoms with Gasteiger partial charge in [0.1, 0.15) is 24.0 Å². The van der Waals surface area contributed by atoms with Crippen LogP contribution in [0.25, 0.3) is 10.2 Å². The molecule has 148 valence electrons. The Morgan fingerprint density at radius 1 is 1.32 bits per heavy atom. The number of carbonyl (C=O) groups excluding carboxylic acids is 1. The normalized spacial score (nSPS) is 12.5. The molecule has 28 heavy (non-hydrogen) atoms. The second-order valence-corrected chi connectivity index (χ2v) is 8.23. The van der Waals surface area contributed by atoms with E-state index < -0.39 is 36.7 Å². The molecule has 5 nitrogen and oxygen atoms in total. The lowest BCUT2D eigenvalue weighted by molar-refractivity contribution is 0.00894. The number of ketones is 1. The average molecular weight is 519 g/mol. The molecule has 0 saturated heterocycles. The van der Waals surface area contributed by atoms with Gasteiger partial charge in [-0.1, -0.05) is 6.07 Å². The van der Waals surface area contributed by atoms with Gasteiger partial charge >= 0.3 is 0 Å². The quantitative estimate of drug-likeness (QED) is 0.353. The van der Waals surface area contributed by atoms with Crippen molar-refractivity contribution in [3.8, 4) is 0 Å². The van der Waals surface area contributed by atoms with E-state index in [1.165, 1.54) is 29.0 Å². The molecule has 0 aliphatic carbocycles. The number of aliphatic hydroxyl groups is 2. The Labute approximate surface area is 177 Å². The van der Waals surface area contributed by atoms with Crippen LogP contribution in [0.1, 0.15) is 21.5 Å². The smallest absolute Gasteiger partial charge is 0.188 e. The fourth-order valence-corrected chi connectivity index (χ4v) is 3.86. The number of aromatic nitrogens is 1. The number of thiazole rings is 1. The number of hydrogen-bond acceptors (Lipinski definition) is 6. The minimum atomic E-state index is -1.10. The molecule has 0 aliphatic rings. The van der Waals surface area contributed by atoms with Crippen molar-refractivity contribution >= 4 is 49.9 Å². The Kier molecular flexibility index (Phi) is 7.05. The van der Waals surface area contributed by atoms with Gasteiger partial charge < -0.3 is 14.9 Å². The van der Waals surface area contributed by atoms with Crippen molar-refractivity contribution in [3.05, 3.63) is 61.7 Å². The van der Waals surface area contributed by atoms with Crippen LogP contribution in [-0.4, -0.2) is 46.9 Å². The van der Waals surface area contributed by atoms with E-state index in [-0.39, 0.29) is 35.2 Å². The van der Waals surface area contributed by atoms with Crippen LogP contribution in [0.3, 0.4) is 0 Å². The van der Waals surface area contributed by atoms with Crippen molar-refractivity contribution in [3.63, 3.8) is 0 Å². The van der Waals surface area contributed by atoms with Crippen molar-refractivity contribution in [2.45, 2.75) is 12.5 Å². The van der Waals surface area contributed by atoms with E-state index in [1.807, 2.05) is 22.6 Å². The first kappa shape index (κ1) is 21.2. The molecule has 0 saturated carbocycles. The molecule has 1 aromatic heterocycles. The lowest BCUT2D eigenvalue weighted by Crippen LogP contribution is -2.22. The largest absolute Gasteiger partial charge is 0.394 e. The summed E-state index contributed by atoms with van der Waals surface area (Å²) in [6.07, 6.45) is -1.21. The highest BCUT2D eigenvalue weighted by Gasteiger charge is 2.22. The maximum atomic E-state index is 15.1. The zero-order valence-corrected chi connectivity index (χ0v) is 17.5. The molecule has 0 aliphatic heterocycles. The molecule has 0 radical (unpaired) electrons. The summed E-state index contributed by atoms with van der Waals surface area (Å²) in [4.78, 5) is 16.6. The average Bonchev–Trinajstić information content (AvgIpc) is 3.14. The van der Waals surface area contributed by atoms with Gasteiger partial charge in [0, 0.05) is 21.1 Å². The van der Waals surface area contributed by atoms with E-state index in [1.54, 1.807) is 12.1 Å². The topological polar surface area (TPSA) is 79.7 Å². The first-order valence-electron chi connectivity index (χ1n) is 8.29. The number of rotatable bonds is 8. The maximum Gasteiger partial charge on any atom is 0.188 e. The highest BCUT2D eigenvalue weighted by molar-refractivity contribution is 14.1. The van der Waals surface area contributed by atoms with Gasteiger partial charge in [0.25, 0.3) is 0 Å². The Bertz CT molecular complexity index is 1010. The van der Waals surface area contributed by atoms with Crippen LogP contribution in [0.5, 0.6) is 0 Å². The number of Topliss-reactive ketones (excluding diaryl/α,β-unsaturated/α-hetero) is 1. The third kappa shape index (κ3) is 4.71. The summed E-state index contributed by atoms with van der Waals surface area (Å²) in [6.45, 7) is -1.12. The summed E-state index contributed by atoms with van der Waals surface area (Å²) < 4.78 is 35.7. The molecule has 1 unspecified atom stereocenters. The summed E-state index contributed by atoms with van der Waals surface area (Å²) in [6, 6.07) is 6.14. The first-order chi connectivity index (χ1) is 13.4. The third-order valence-corrected chi connectivity index (χ3v) is 5.55. The van der Waals surface area contributed by atoms with Gasteiger partial charge in [-0.3, -0.25) is 4.79 Å². The fraction of sp³-hybridized carbons (Fsp3) is 0.263. The van der Waals surface area contributed by atoms with Gasteiger partial charge in [0.2, 0.25) is 0 Å². The minimum absolute atomic E-state index is 0.0508. The number of carbonyl (C=O) groups is 1. The molecule has 0 fully saturated rings. The Morgan fingerprint density at radius 2 is 2.11 bits per heavy atom. The molecule has 2 aromatic carbocycles. The van der Waals surface area contributed by atoms with Crippen molar-refractivity contribution in [2.24, 2.45) is 0 Å². The molecule has 1 heterocycles. The number of aliphatic hydroxyl groups excluding tert-OH is 2. The molecule has 9 heteroatoms. The van der Waals surface area contributed by atoms with Crippen LogP contribution < -0.4 is 0 Å². The number of halogens is 3. The summed E-state index contributed by atoms with van der Waals surface area (Å²) in [7, 11) is 0. The Morgan fingerprint density at radius 3 is 2.82 bits per heavy atom. The minimum Gasteiger partial charge on any atom is -0.394 e. The van der Waals surface area contributed by atoms with Gasteiger partial charge in [-0.15, -0.1) is 11.3 Å². The molecule has 3 rings (SSSR count). The maximum absolute atomic E-state index is 15.1. The van der Waals surface area contributed by atoms with Crippen LogP contribution in [-0.2, 0) is 11.2 Å². The van der Waals surface area contributed by atoms with Gasteiger partial charge in [-0.25, -0.2) is 13.8 Å². The molecule has 0 amide bonds. The monoisotopic (exact) mass is 519 g/mol. The van der Waals surface area contributed by atoms with Crippen LogP contribution in [0.15, 0.2) is 29.8 Å². The number of benzene rings is 2. The lowest BCUT2D eigenvalue weighted by Gasteiger charge is -2.13. The van der Waals surface area contributed by atoms with E-state index in [0.29, 0.717) is 8.27 Å². The van der Waals surface area contributed by atoms with E-state index in [2.05, 4.69) is 4.98 Å². The van der Waals surface area contributed by atoms with Gasteiger partial charge in [0.15, 0.2) is 11.6 Å². The van der Waals surface area contributed by atoms with Crippen LogP contribution in [0.2, 0.25) is 0 Å². The molecular weight excluding hydrogens is 503 g/mol. The lowest BCUT2D eigenvalue weighted by atomic mass is 9.96. The molecule has 1 atom stereocenters. The summed E-state index contributed by atoms with van der Waals surface area (Å²) in [5, 5.41) is 18.1. The van der Waals surface area contributed by atoms with E-state index >= 15 is 4.39 Å². The van der Waals surface area contributed by atoms with Crippen molar-refractivity contribution < 1.29 is 28.5 Å². The van der Waals surface area contributed by atoms with Crippen molar-refractivity contribution in [1.29, 1.82) is 0 Å². The van der Waals surface area contributed by atoms with Crippen molar-refractivity contribution in [2.75, 3.05) is 19.8 Å². The Hall–Kier alpha value is -1.53. The van der Waals surface area contributed by atoms with E-state index in [4.69, 9.17) is 9.84 Å². The molecular formula is C19H16F2INO4S. The van der Waals surface area contributed by atoms with Crippen LogP contribution in [0, 0.1) is 15.2 Å². The highest BCUT2D eigenvalue weighted by atomic mass is 127. The van der Waals surface area contributed by atoms with E-state index in [9.17, 15) is 14.3 Å². The van der Waals surface area contributed by atoms with Crippen molar-refractivity contribution in [1.82, 2.24) is 4.98 Å². The second kappa shape index (κ2) is 9.31. The van der Waals surface area contributed by atoms with E-state index in [0.717, 1.165) is 0 Å². The zero-order chi connectivity index (χ0) is 20.3. The molecule has 0 spiro atoms. The number of nitrogens with zero attached hydrogens (tertiary/aromatic N) is 1. The summed E-state index contributed by atoms with van der Waals surface area (Å²) in [5.74, 6) is -1.64. The van der Waals surface area contributed by atoms with Gasteiger partial charge in [-0.05, 0) is 46.4 Å². The Balaban J connectivity index is 1.96. The standard InChI is InChI=1S/C19H16F2INO4S/c20-15-4-11(22)2-1-10(15)3-14-13(16(26)8-27-7-12(25)6-24)5-17-19(18(14)21)23-9-28-17/h1-2,4-5,9,12,24-25H,3,6-8H2. The van der Waals surface area contributed by atoms with Crippen LogP contribution >= 0.6 is 33.9 Å². The predicted molar refractivity (Wildman–Crippen MR) is 110 cm³/mol.